The quantitative estimate of drug-likeness (QED) is 0.442. The average Bonchev–Trinajstić information content (AvgIpc) is 2.74. The van der Waals surface area contributed by atoms with E-state index in [1.807, 2.05) is 24.3 Å². The van der Waals surface area contributed by atoms with E-state index in [2.05, 4.69) is 4.90 Å². The number of β-amino-alcohol motifs (C(OH)–C–C–N with tert-alkyl or cyclic N) is 1. The molecule has 1 fully saturated rings. The number of aliphatic hydroxyl groups excluding tert-OH is 1. The first kappa shape index (κ1) is 30.2. The monoisotopic (exact) mass is 509 g/mol. The van der Waals surface area contributed by atoms with E-state index in [-0.39, 0.29) is 43.8 Å². The fraction of sp³-hybridized carbons (Fsp3) is 0.455. The third kappa shape index (κ3) is 8.64. The van der Waals surface area contributed by atoms with Gasteiger partial charge in [0, 0.05) is 6.54 Å². The normalized spacial score (nSPS) is 14.8. The summed E-state index contributed by atoms with van der Waals surface area (Å²) in [6, 6.07) is 13.0. The summed E-state index contributed by atoms with van der Waals surface area (Å²) in [7, 11) is 1.65. The van der Waals surface area contributed by atoms with Gasteiger partial charge in [0.15, 0.2) is 11.5 Å². The topological polar surface area (TPSA) is 103 Å². The fourth-order valence-corrected chi connectivity index (χ4v) is 3.50. The van der Waals surface area contributed by atoms with Gasteiger partial charge in [-0.3, -0.25) is 0 Å². The van der Waals surface area contributed by atoms with Gasteiger partial charge in [-0.05, 0) is 56.1 Å². The van der Waals surface area contributed by atoms with E-state index >= 15 is 0 Å². The van der Waals surface area contributed by atoms with Gasteiger partial charge in [0.2, 0.25) is 0 Å². The summed E-state index contributed by atoms with van der Waals surface area (Å²) >= 11 is 0. The number of hydrogen-bond acceptors (Lipinski definition) is 7. The third-order valence-electron chi connectivity index (χ3n) is 5.25. The van der Waals surface area contributed by atoms with Crippen LogP contribution in [0.3, 0.4) is 0 Å². The van der Waals surface area contributed by atoms with Crippen molar-refractivity contribution in [3.8, 4) is 17.2 Å². The van der Waals surface area contributed by atoms with Gasteiger partial charge in [-0.1, -0.05) is 18.2 Å². The molecule has 1 unspecified atom stereocenters. The van der Waals surface area contributed by atoms with Crippen LogP contribution in [0.25, 0.3) is 0 Å². The van der Waals surface area contributed by atoms with Gasteiger partial charge in [-0.25, -0.2) is 0 Å². The second-order valence-electron chi connectivity index (χ2n) is 7.43. The molecule has 5 N–H and O–H groups in total. The second-order valence-corrected chi connectivity index (χ2v) is 7.43. The van der Waals surface area contributed by atoms with Gasteiger partial charge in [0.25, 0.3) is 0 Å². The van der Waals surface area contributed by atoms with Crippen molar-refractivity contribution < 1.29 is 19.3 Å². The number of para-hydroxylation sites is 3. The lowest BCUT2D eigenvalue weighted by Gasteiger charge is -2.33. The van der Waals surface area contributed by atoms with Crippen LogP contribution in [0.15, 0.2) is 42.5 Å². The molecule has 1 atom stereocenters. The SMILES string of the molecule is COc1ccccc1OCC1CCN(CC(O)COc2cccc(N)c2N)CC1.Cl.Cl.Cl. The minimum absolute atomic E-state index is 0. The minimum Gasteiger partial charge on any atom is -0.493 e. The van der Waals surface area contributed by atoms with Crippen LogP contribution >= 0.6 is 37.2 Å². The average molecular weight is 511 g/mol. The highest BCUT2D eigenvalue weighted by molar-refractivity contribution is 5.86. The predicted molar refractivity (Wildman–Crippen MR) is 136 cm³/mol. The number of nitrogens with zero attached hydrogens (tertiary/aromatic N) is 1. The Morgan fingerprint density at radius 3 is 2.22 bits per heavy atom. The Morgan fingerprint density at radius 2 is 1.56 bits per heavy atom. The maximum absolute atomic E-state index is 10.3. The lowest BCUT2D eigenvalue weighted by Crippen LogP contribution is -2.41. The summed E-state index contributed by atoms with van der Waals surface area (Å²) in [4.78, 5) is 2.26. The van der Waals surface area contributed by atoms with Crippen LogP contribution in [0.2, 0.25) is 0 Å². The Kier molecular flexibility index (Phi) is 14.3. The largest absolute Gasteiger partial charge is 0.493 e. The molecule has 0 aromatic heterocycles. The van der Waals surface area contributed by atoms with Crippen LogP contribution in [0, 0.1) is 5.92 Å². The first-order valence-electron chi connectivity index (χ1n) is 9.99. The number of piperidine rings is 1. The summed E-state index contributed by atoms with van der Waals surface area (Å²) in [5, 5.41) is 10.3. The lowest BCUT2D eigenvalue weighted by atomic mass is 9.97. The Bertz CT molecular complexity index is 793. The molecule has 1 aliphatic heterocycles. The van der Waals surface area contributed by atoms with Crippen molar-refractivity contribution in [2.45, 2.75) is 18.9 Å². The van der Waals surface area contributed by atoms with Crippen LogP contribution in [0.4, 0.5) is 11.4 Å². The number of ether oxygens (including phenoxy) is 3. The van der Waals surface area contributed by atoms with Crippen molar-refractivity contribution in [1.82, 2.24) is 4.90 Å². The number of hydrogen-bond donors (Lipinski definition) is 3. The standard InChI is InChI=1S/C22H31N3O4.3ClH/c1-27-19-6-2-3-7-20(19)28-14-16-9-11-25(12-10-16)13-17(26)15-29-21-8-4-5-18(23)22(21)24;;;/h2-8,16-17,26H,9-15,23-24H2,1H3;3*1H. The van der Waals surface area contributed by atoms with Crippen molar-refractivity contribution in [1.29, 1.82) is 0 Å². The van der Waals surface area contributed by atoms with Crippen molar-refractivity contribution >= 4 is 48.6 Å². The molecule has 0 aliphatic carbocycles. The molecule has 0 spiro atoms. The van der Waals surface area contributed by atoms with Gasteiger partial charge in [0.05, 0.1) is 25.1 Å². The Balaban J connectivity index is 0.00000320. The van der Waals surface area contributed by atoms with Crippen LogP contribution in [0.5, 0.6) is 17.2 Å². The molecule has 1 aliphatic rings. The summed E-state index contributed by atoms with van der Waals surface area (Å²) in [5.74, 6) is 2.55. The molecule has 1 heterocycles. The third-order valence-corrected chi connectivity index (χ3v) is 5.25. The Morgan fingerprint density at radius 1 is 0.938 bits per heavy atom. The number of methoxy groups -OCH3 is 1. The molecule has 0 amide bonds. The number of anilines is 2. The molecule has 2 aromatic rings. The highest BCUT2D eigenvalue weighted by Crippen LogP contribution is 2.28. The molecule has 7 nitrogen and oxygen atoms in total. The Hall–Kier alpha value is -1.77. The molecule has 2 aromatic carbocycles. The minimum atomic E-state index is -0.586. The van der Waals surface area contributed by atoms with E-state index in [1.54, 1.807) is 25.3 Å². The number of nitrogens with two attached hydrogens (primary N) is 2. The van der Waals surface area contributed by atoms with E-state index in [9.17, 15) is 5.11 Å². The van der Waals surface area contributed by atoms with Gasteiger partial charge < -0.3 is 35.7 Å². The summed E-state index contributed by atoms with van der Waals surface area (Å²) in [6.45, 7) is 3.29. The van der Waals surface area contributed by atoms with Crippen molar-refractivity contribution in [3.63, 3.8) is 0 Å². The fourth-order valence-electron chi connectivity index (χ4n) is 3.50. The van der Waals surface area contributed by atoms with E-state index in [4.69, 9.17) is 25.7 Å². The number of likely N-dealkylation sites (tertiary alicyclic amines) is 1. The van der Waals surface area contributed by atoms with Crippen LogP contribution in [0.1, 0.15) is 12.8 Å². The lowest BCUT2D eigenvalue weighted by molar-refractivity contribution is 0.0504. The van der Waals surface area contributed by atoms with Gasteiger partial charge in [-0.15, -0.1) is 37.2 Å². The van der Waals surface area contributed by atoms with E-state index in [0.29, 0.717) is 36.2 Å². The molecular formula is C22H34Cl3N3O4. The molecule has 10 heteroatoms. The summed E-state index contributed by atoms with van der Waals surface area (Å²) in [5.41, 5.74) is 12.6. The molecule has 0 bridgehead atoms. The van der Waals surface area contributed by atoms with Crippen molar-refractivity contribution in [2.24, 2.45) is 5.92 Å². The molecule has 182 valence electrons. The molecule has 0 radical (unpaired) electrons. The number of benzene rings is 2. The maximum Gasteiger partial charge on any atom is 0.161 e. The highest BCUT2D eigenvalue weighted by atomic mass is 35.5. The Labute approximate surface area is 208 Å². The van der Waals surface area contributed by atoms with Gasteiger partial charge in [-0.2, -0.15) is 0 Å². The molecule has 3 rings (SSSR count). The van der Waals surface area contributed by atoms with Crippen LogP contribution < -0.4 is 25.7 Å². The van der Waals surface area contributed by atoms with Crippen LogP contribution in [-0.2, 0) is 0 Å². The summed E-state index contributed by atoms with van der Waals surface area (Å²) in [6.07, 6.45) is 1.48. The van der Waals surface area contributed by atoms with E-state index in [1.165, 1.54) is 0 Å². The summed E-state index contributed by atoms with van der Waals surface area (Å²) < 4.78 is 16.9. The van der Waals surface area contributed by atoms with E-state index < -0.39 is 6.10 Å². The second kappa shape index (κ2) is 15.1. The predicted octanol–water partition coefficient (Wildman–Crippen LogP) is 3.66. The molecular weight excluding hydrogens is 477 g/mol. The zero-order chi connectivity index (χ0) is 20.6. The number of nitrogen functional groups attached to an aromatic ring is 2. The van der Waals surface area contributed by atoms with Gasteiger partial charge >= 0.3 is 0 Å². The zero-order valence-electron chi connectivity index (χ0n) is 18.1. The first-order chi connectivity index (χ1) is 14.1. The molecule has 32 heavy (non-hydrogen) atoms. The molecule has 0 saturated carbocycles. The number of halogens is 3. The highest BCUT2D eigenvalue weighted by Gasteiger charge is 2.22. The first-order valence-corrected chi connectivity index (χ1v) is 9.99. The van der Waals surface area contributed by atoms with E-state index in [0.717, 1.165) is 37.4 Å². The van der Waals surface area contributed by atoms with Crippen LogP contribution in [-0.4, -0.2) is 56.1 Å². The number of rotatable bonds is 9. The van der Waals surface area contributed by atoms with Gasteiger partial charge in [0.1, 0.15) is 18.5 Å². The zero-order valence-corrected chi connectivity index (χ0v) is 20.6. The maximum atomic E-state index is 10.3. The smallest absolute Gasteiger partial charge is 0.161 e. The van der Waals surface area contributed by atoms with Crippen molar-refractivity contribution in [3.05, 3.63) is 42.5 Å². The molecule has 1 saturated heterocycles. The number of aliphatic hydroxyl groups is 1. The van der Waals surface area contributed by atoms with Crippen molar-refractivity contribution in [2.75, 3.05) is 51.4 Å².